The molecule has 0 fully saturated rings. The number of anilines is 4. The first-order valence-electron chi connectivity index (χ1n) is 6.81. The van der Waals surface area contributed by atoms with E-state index in [2.05, 4.69) is 72.9 Å². The van der Waals surface area contributed by atoms with E-state index in [9.17, 15) is 0 Å². The van der Waals surface area contributed by atoms with Crippen LogP contribution in [0.25, 0.3) is 10.8 Å². The zero-order chi connectivity index (χ0) is 14.9. The fraction of sp³-hybridized carbons (Fsp3) is 0.375. The molecule has 0 unspecified atom stereocenters. The summed E-state index contributed by atoms with van der Waals surface area (Å²) in [6.07, 6.45) is 0. The van der Waals surface area contributed by atoms with Crippen molar-refractivity contribution in [3.63, 3.8) is 0 Å². The van der Waals surface area contributed by atoms with Gasteiger partial charge in [0, 0.05) is 47.7 Å². The summed E-state index contributed by atoms with van der Waals surface area (Å²) in [6, 6.07) is 8.60. The Morgan fingerprint density at radius 1 is 0.700 bits per heavy atom. The molecule has 108 valence electrons. The van der Waals surface area contributed by atoms with Crippen molar-refractivity contribution in [3.8, 4) is 0 Å². The largest absolute Gasteiger partial charge is 0.386 e. The Labute approximate surface area is 121 Å². The molecule has 0 atom stereocenters. The van der Waals surface area contributed by atoms with Crippen molar-refractivity contribution in [2.75, 3.05) is 62.7 Å². The van der Waals surface area contributed by atoms with E-state index < -0.39 is 0 Å². The lowest BCUT2D eigenvalue weighted by atomic mass is 10.0. The van der Waals surface area contributed by atoms with Crippen LogP contribution in [0.5, 0.6) is 0 Å². The maximum Gasteiger partial charge on any atom is 0.0698 e. The van der Waals surface area contributed by atoms with Gasteiger partial charge in [0.05, 0.1) is 22.7 Å². The van der Waals surface area contributed by atoms with E-state index in [1.807, 2.05) is 14.1 Å². The quantitative estimate of drug-likeness (QED) is 0.895. The van der Waals surface area contributed by atoms with Gasteiger partial charge in [-0.1, -0.05) is 12.1 Å². The first kappa shape index (κ1) is 14.3. The zero-order valence-corrected chi connectivity index (χ0v) is 13.2. The molecule has 0 aliphatic carbocycles. The summed E-state index contributed by atoms with van der Waals surface area (Å²) < 4.78 is 0. The average molecular weight is 272 g/mol. The second kappa shape index (κ2) is 5.49. The third kappa shape index (κ3) is 2.22. The number of rotatable bonds is 4. The van der Waals surface area contributed by atoms with Gasteiger partial charge in [-0.05, 0) is 17.5 Å². The molecule has 0 radical (unpaired) electrons. The third-order valence-electron chi connectivity index (χ3n) is 3.56. The van der Waals surface area contributed by atoms with Crippen LogP contribution in [0, 0.1) is 0 Å². The van der Waals surface area contributed by atoms with Crippen LogP contribution in [0.4, 0.5) is 22.7 Å². The average Bonchev–Trinajstić information content (AvgIpc) is 2.43. The molecule has 0 aliphatic rings. The molecule has 2 N–H and O–H groups in total. The highest BCUT2D eigenvalue weighted by atomic mass is 15.1. The fourth-order valence-corrected chi connectivity index (χ4v) is 2.71. The van der Waals surface area contributed by atoms with Crippen LogP contribution in [0.3, 0.4) is 0 Å². The van der Waals surface area contributed by atoms with Gasteiger partial charge in [-0.25, -0.2) is 0 Å². The van der Waals surface area contributed by atoms with Crippen molar-refractivity contribution in [1.82, 2.24) is 0 Å². The number of benzene rings is 2. The van der Waals surface area contributed by atoms with Crippen molar-refractivity contribution < 1.29 is 0 Å². The molecular formula is C16H24N4. The number of hydrogen-bond acceptors (Lipinski definition) is 4. The molecule has 2 rings (SSSR count). The fourth-order valence-electron chi connectivity index (χ4n) is 2.71. The number of nitrogens with one attached hydrogen (secondary N) is 2. The van der Waals surface area contributed by atoms with Gasteiger partial charge in [-0.2, -0.15) is 0 Å². The highest BCUT2D eigenvalue weighted by Crippen LogP contribution is 2.42. The summed E-state index contributed by atoms with van der Waals surface area (Å²) in [5, 5.41) is 9.09. The van der Waals surface area contributed by atoms with Gasteiger partial charge in [0.1, 0.15) is 0 Å². The molecule has 2 aromatic carbocycles. The summed E-state index contributed by atoms with van der Waals surface area (Å²) in [5.41, 5.74) is 4.70. The van der Waals surface area contributed by atoms with Crippen LogP contribution < -0.4 is 20.4 Å². The lowest BCUT2D eigenvalue weighted by Crippen LogP contribution is -2.16. The van der Waals surface area contributed by atoms with Crippen LogP contribution in [-0.2, 0) is 0 Å². The molecule has 0 bridgehead atoms. The van der Waals surface area contributed by atoms with Gasteiger partial charge in [-0.15, -0.1) is 0 Å². The molecule has 0 saturated carbocycles. The minimum Gasteiger partial charge on any atom is -0.386 e. The molecule has 0 aliphatic heterocycles. The highest BCUT2D eigenvalue weighted by Gasteiger charge is 2.16. The first-order chi connectivity index (χ1) is 9.51. The molecule has 0 heterocycles. The highest BCUT2D eigenvalue weighted by molar-refractivity contribution is 6.11. The Balaban J connectivity index is 2.95. The SMILES string of the molecule is CNc1ccc2ccc(NC)c(N(C)C)c2c1N(C)C. The second-order valence-corrected chi connectivity index (χ2v) is 5.31. The van der Waals surface area contributed by atoms with Gasteiger partial charge in [0.25, 0.3) is 0 Å². The van der Waals surface area contributed by atoms with Crippen molar-refractivity contribution in [3.05, 3.63) is 24.3 Å². The standard InChI is InChI=1S/C16H24N4/c1-17-12-9-7-11-8-10-13(18-2)16(20(5)6)14(11)15(12)19(3)4/h7-10,17-18H,1-6H3. The molecule has 4 nitrogen and oxygen atoms in total. The smallest absolute Gasteiger partial charge is 0.0698 e. The number of nitrogens with zero attached hydrogens (tertiary/aromatic N) is 2. The van der Waals surface area contributed by atoms with Gasteiger partial charge >= 0.3 is 0 Å². The minimum absolute atomic E-state index is 1.14. The van der Waals surface area contributed by atoms with Crippen molar-refractivity contribution in [1.29, 1.82) is 0 Å². The van der Waals surface area contributed by atoms with E-state index in [0.29, 0.717) is 0 Å². The number of hydrogen-bond donors (Lipinski definition) is 2. The zero-order valence-electron chi connectivity index (χ0n) is 13.2. The Kier molecular flexibility index (Phi) is 3.93. The molecule has 0 spiro atoms. The Morgan fingerprint density at radius 2 is 1.10 bits per heavy atom. The topological polar surface area (TPSA) is 30.5 Å². The molecule has 0 amide bonds. The maximum atomic E-state index is 3.29. The van der Waals surface area contributed by atoms with Gasteiger partial charge in [-0.3, -0.25) is 0 Å². The predicted octanol–water partition coefficient (Wildman–Crippen LogP) is 3.06. The molecule has 4 heteroatoms. The number of fused-ring (bicyclic) bond motifs is 1. The van der Waals surface area contributed by atoms with E-state index in [1.54, 1.807) is 0 Å². The Morgan fingerprint density at radius 3 is 1.40 bits per heavy atom. The first-order valence-corrected chi connectivity index (χ1v) is 6.81. The van der Waals surface area contributed by atoms with Gasteiger partial charge in [0.15, 0.2) is 0 Å². The molecule has 20 heavy (non-hydrogen) atoms. The molecule has 0 saturated heterocycles. The lowest BCUT2D eigenvalue weighted by molar-refractivity contribution is 1.12. The Bertz CT molecular complexity index is 567. The lowest BCUT2D eigenvalue weighted by Gasteiger charge is -2.26. The second-order valence-electron chi connectivity index (χ2n) is 5.31. The summed E-state index contributed by atoms with van der Waals surface area (Å²) in [4.78, 5) is 4.33. The third-order valence-corrected chi connectivity index (χ3v) is 3.56. The monoisotopic (exact) mass is 272 g/mol. The molecule has 0 aromatic heterocycles. The summed E-state index contributed by atoms with van der Waals surface area (Å²) in [5.74, 6) is 0. The summed E-state index contributed by atoms with van der Waals surface area (Å²) >= 11 is 0. The van der Waals surface area contributed by atoms with E-state index >= 15 is 0 Å². The van der Waals surface area contributed by atoms with Crippen molar-refractivity contribution >= 4 is 33.5 Å². The normalized spacial score (nSPS) is 10.5. The van der Waals surface area contributed by atoms with E-state index in [0.717, 1.165) is 11.4 Å². The van der Waals surface area contributed by atoms with E-state index in [-0.39, 0.29) is 0 Å². The van der Waals surface area contributed by atoms with Crippen LogP contribution >= 0.6 is 0 Å². The van der Waals surface area contributed by atoms with Gasteiger partial charge in [0.2, 0.25) is 0 Å². The van der Waals surface area contributed by atoms with Gasteiger partial charge < -0.3 is 20.4 Å². The predicted molar refractivity (Wildman–Crippen MR) is 91.7 cm³/mol. The molecular weight excluding hydrogens is 248 g/mol. The summed E-state index contributed by atoms with van der Waals surface area (Å²) in [6.45, 7) is 0. The van der Waals surface area contributed by atoms with Crippen LogP contribution in [0.2, 0.25) is 0 Å². The van der Waals surface area contributed by atoms with E-state index in [1.165, 1.54) is 22.1 Å². The Hall–Kier alpha value is -2.10. The molecule has 2 aromatic rings. The van der Waals surface area contributed by atoms with E-state index in [4.69, 9.17) is 0 Å². The minimum atomic E-state index is 1.14. The van der Waals surface area contributed by atoms with Crippen molar-refractivity contribution in [2.45, 2.75) is 0 Å². The van der Waals surface area contributed by atoms with Crippen LogP contribution in [-0.4, -0.2) is 42.3 Å². The van der Waals surface area contributed by atoms with Crippen LogP contribution in [0.15, 0.2) is 24.3 Å². The van der Waals surface area contributed by atoms with Crippen molar-refractivity contribution in [2.24, 2.45) is 0 Å². The summed E-state index contributed by atoms with van der Waals surface area (Å²) in [7, 11) is 12.3. The maximum absolute atomic E-state index is 3.29. The van der Waals surface area contributed by atoms with Crippen LogP contribution in [0.1, 0.15) is 0 Å².